The summed E-state index contributed by atoms with van der Waals surface area (Å²) in [5.74, 6) is 1.65. The number of nitrogens with zero attached hydrogens (tertiary/aromatic N) is 2. The Hall–Kier alpha value is -0.810. The second-order valence-corrected chi connectivity index (χ2v) is 8.11. The predicted molar refractivity (Wildman–Crippen MR) is 93.5 cm³/mol. The lowest BCUT2D eigenvalue weighted by Crippen LogP contribution is -2.15. The summed E-state index contributed by atoms with van der Waals surface area (Å²) in [7, 11) is 0. The molecule has 1 fully saturated rings. The molecule has 0 aliphatic heterocycles. The number of hydrogen-bond donors (Lipinski definition) is 1. The van der Waals surface area contributed by atoms with E-state index in [1.165, 1.54) is 36.1 Å². The summed E-state index contributed by atoms with van der Waals surface area (Å²) in [4.78, 5) is 10.5. The van der Waals surface area contributed by atoms with Gasteiger partial charge in [0, 0.05) is 17.2 Å². The van der Waals surface area contributed by atoms with Gasteiger partial charge in [-0.25, -0.2) is 9.97 Å². The molecule has 0 aromatic carbocycles. The van der Waals surface area contributed by atoms with Crippen molar-refractivity contribution in [2.24, 2.45) is 5.92 Å². The van der Waals surface area contributed by atoms with Crippen LogP contribution in [0, 0.1) is 5.92 Å². The van der Waals surface area contributed by atoms with Crippen molar-refractivity contribution in [3.05, 3.63) is 11.4 Å². The maximum Gasteiger partial charge on any atom is 0.225 e. The predicted octanol–water partition coefficient (Wildman–Crippen LogP) is 5.18. The first-order valence-corrected chi connectivity index (χ1v) is 9.68. The molecule has 2 atom stereocenters. The van der Waals surface area contributed by atoms with Crippen molar-refractivity contribution in [3.8, 4) is 0 Å². The quantitative estimate of drug-likeness (QED) is 0.770. The topological polar surface area (TPSA) is 37.8 Å². The molecule has 0 radical (unpaired) electrons. The number of thiophene rings is 1. The third-order valence-corrected chi connectivity index (χ3v) is 6.09. The van der Waals surface area contributed by atoms with Gasteiger partial charge in [-0.2, -0.15) is 0 Å². The zero-order valence-electron chi connectivity index (χ0n) is 12.8. The molecule has 1 aliphatic rings. The summed E-state index contributed by atoms with van der Waals surface area (Å²) in [5, 5.41) is 8.56. The van der Waals surface area contributed by atoms with Crippen LogP contribution in [0.4, 0.5) is 5.95 Å². The standard InChI is InChI=1S/C16H23N3S2/c1-3-8-17-16-18-14-13(7-9-20-14)15(19-16)21-12-6-4-5-11(2)10-12/h7,9,11-12H,3-6,8,10H2,1-2H3,(H,17,18,19). The van der Waals surface area contributed by atoms with Gasteiger partial charge in [-0.05, 0) is 36.6 Å². The highest BCUT2D eigenvalue weighted by Crippen LogP contribution is 2.38. The van der Waals surface area contributed by atoms with Gasteiger partial charge < -0.3 is 5.32 Å². The summed E-state index contributed by atoms with van der Waals surface area (Å²) < 4.78 is 0. The van der Waals surface area contributed by atoms with Crippen LogP contribution in [0.3, 0.4) is 0 Å². The molecule has 3 nitrogen and oxygen atoms in total. The maximum atomic E-state index is 4.78. The number of nitrogens with one attached hydrogen (secondary N) is 1. The third kappa shape index (κ3) is 3.69. The minimum Gasteiger partial charge on any atom is -0.354 e. The molecule has 0 spiro atoms. The van der Waals surface area contributed by atoms with E-state index in [-0.39, 0.29) is 0 Å². The minimum absolute atomic E-state index is 0.714. The fourth-order valence-electron chi connectivity index (χ4n) is 2.88. The Morgan fingerprint density at radius 1 is 1.38 bits per heavy atom. The van der Waals surface area contributed by atoms with Crippen molar-refractivity contribution in [1.82, 2.24) is 9.97 Å². The van der Waals surface area contributed by atoms with Crippen LogP contribution in [-0.4, -0.2) is 21.8 Å². The summed E-state index contributed by atoms with van der Waals surface area (Å²) in [6.45, 7) is 5.47. The first-order chi connectivity index (χ1) is 10.3. The van der Waals surface area contributed by atoms with Crippen LogP contribution in [0.5, 0.6) is 0 Å². The first-order valence-electron chi connectivity index (χ1n) is 7.92. The molecule has 1 saturated carbocycles. The summed E-state index contributed by atoms with van der Waals surface area (Å²) >= 11 is 3.67. The summed E-state index contributed by atoms with van der Waals surface area (Å²) in [6, 6.07) is 2.16. The third-order valence-electron chi connectivity index (χ3n) is 3.99. The fourth-order valence-corrected chi connectivity index (χ4v) is 5.16. The highest BCUT2D eigenvalue weighted by atomic mass is 32.2. The van der Waals surface area contributed by atoms with Gasteiger partial charge >= 0.3 is 0 Å². The van der Waals surface area contributed by atoms with E-state index in [2.05, 4.69) is 35.6 Å². The molecule has 114 valence electrons. The van der Waals surface area contributed by atoms with Crippen LogP contribution in [-0.2, 0) is 0 Å². The van der Waals surface area contributed by atoms with Gasteiger partial charge in [-0.15, -0.1) is 23.1 Å². The zero-order valence-corrected chi connectivity index (χ0v) is 14.4. The lowest BCUT2D eigenvalue weighted by molar-refractivity contribution is 0.394. The van der Waals surface area contributed by atoms with Crippen LogP contribution in [0.15, 0.2) is 16.5 Å². The van der Waals surface area contributed by atoms with Gasteiger partial charge in [0.15, 0.2) is 0 Å². The number of fused-ring (bicyclic) bond motifs is 1. The Morgan fingerprint density at radius 2 is 2.29 bits per heavy atom. The molecule has 2 unspecified atom stereocenters. The van der Waals surface area contributed by atoms with E-state index in [0.29, 0.717) is 5.25 Å². The van der Waals surface area contributed by atoms with E-state index in [9.17, 15) is 0 Å². The lowest BCUT2D eigenvalue weighted by Gasteiger charge is -2.26. The van der Waals surface area contributed by atoms with E-state index in [0.717, 1.165) is 29.7 Å². The van der Waals surface area contributed by atoms with Crippen molar-refractivity contribution in [3.63, 3.8) is 0 Å². The molecular formula is C16H23N3S2. The molecule has 2 heterocycles. The number of thioether (sulfide) groups is 1. The maximum absolute atomic E-state index is 4.78. The second-order valence-electron chi connectivity index (χ2n) is 5.93. The SMILES string of the molecule is CCCNc1nc(SC2CCCC(C)C2)c2ccsc2n1. The van der Waals surface area contributed by atoms with Crippen LogP contribution in [0.25, 0.3) is 10.2 Å². The first kappa shape index (κ1) is 15.1. The summed E-state index contributed by atoms with van der Waals surface area (Å²) in [6.07, 6.45) is 6.48. The monoisotopic (exact) mass is 321 g/mol. The van der Waals surface area contributed by atoms with Crippen LogP contribution >= 0.6 is 23.1 Å². The molecule has 3 rings (SSSR count). The lowest BCUT2D eigenvalue weighted by atomic mass is 9.91. The Kier molecular flexibility index (Phi) is 5.01. The van der Waals surface area contributed by atoms with Crippen molar-refractivity contribution in [1.29, 1.82) is 0 Å². The Labute approximate surface area is 135 Å². The number of hydrogen-bond acceptors (Lipinski definition) is 5. The molecule has 5 heteroatoms. The Balaban J connectivity index is 1.83. The van der Waals surface area contributed by atoms with Gasteiger partial charge in [0.2, 0.25) is 5.95 Å². The molecule has 0 amide bonds. The largest absolute Gasteiger partial charge is 0.354 e. The number of anilines is 1. The second kappa shape index (κ2) is 6.97. The van der Waals surface area contributed by atoms with Crippen molar-refractivity contribution in [2.45, 2.75) is 56.2 Å². The van der Waals surface area contributed by atoms with E-state index in [1.807, 2.05) is 11.8 Å². The summed E-state index contributed by atoms with van der Waals surface area (Å²) in [5.41, 5.74) is 0. The van der Waals surface area contributed by atoms with Crippen LogP contribution < -0.4 is 5.32 Å². The van der Waals surface area contributed by atoms with Gasteiger partial charge in [-0.3, -0.25) is 0 Å². The molecule has 2 aromatic heterocycles. The van der Waals surface area contributed by atoms with E-state index < -0.39 is 0 Å². The molecular weight excluding hydrogens is 298 g/mol. The molecule has 0 bridgehead atoms. The normalized spacial score (nSPS) is 22.6. The number of rotatable bonds is 5. The highest BCUT2D eigenvalue weighted by molar-refractivity contribution is 8.00. The van der Waals surface area contributed by atoms with Crippen molar-refractivity contribution >= 4 is 39.3 Å². The van der Waals surface area contributed by atoms with Crippen molar-refractivity contribution in [2.75, 3.05) is 11.9 Å². The van der Waals surface area contributed by atoms with Crippen LogP contribution in [0.2, 0.25) is 0 Å². The Morgan fingerprint density at radius 3 is 3.10 bits per heavy atom. The average molecular weight is 322 g/mol. The molecule has 0 saturated heterocycles. The zero-order chi connectivity index (χ0) is 14.7. The highest BCUT2D eigenvalue weighted by Gasteiger charge is 2.22. The molecule has 1 aliphatic carbocycles. The van der Waals surface area contributed by atoms with Crippen LogP contribution in [0.1, 0.15) is 46.0 Å². The van der Waals surface area contributed by atoms with E-state index in [1.54, 1.807) is 11.3 Å². The molecule has 1 N–H and O–H groups in total. The molecule has 2 aromatic rings. The van der Waals surface area contributed by atoms with E-state index >= 15 is 0 Å². The Bertz CT molecular complexity index is 596. The molecule has 21 heavy (non-hydrogen) atoms. The van der Waals surface area contributed by atoms with Gasteiger partial charge in [0.1, 0.15) is 9.86 Å². The van der Waals surface area contributed by atoms with Gasteiger partial charge in [0.25, 0.3) is 0 Å². The van der Waals surface area contributed by atoms with E-state index in [4.69, 9.17) is 4.98 Å². The van der Waals surface area contributed by atoms with Gasteiger partial charge in [-0.1, -0.05) is 26.7 Å². The smallest absolute Gasteiger partial charge is 0.225 e. The van der Waals surface area contributed by atoms with Crippen molar-refractivity contribution < 1.29 is 0 Å². The minimum atomic E-state index is 0.714. The van der Waals surface area contributed by atoms with Gasteiger partial charge in [0.05, 0.1) is 0 Å². The fraction of sp³-hybridized carbons (Fsp3) is 0.625. The number of aromatic nitrogens is 2. The average Bonchev–Trinajstić information content (AvgIpc) is 2.94.